The number of benzene rings is 1. The van der Waals surface area contributed by atoms with Crippen LogP contribution >= 0.6 is 0 Å². The predicted octanol–water partition coefficient (Wildman–Crippen LogP) is 3.12. The summed E-state index contributed by atoms with van der Waals surface area (Å²) >= 11 is 0. The molecule has 4 amide bonds. The maximum Gasteiger partial charge on any atom is 0.330 e. The Bertz CT molecular complexity index is 1250. The van der Waals surface area contributed by atoms with E-state index in [0.29, 0.717) is 17.7 Å². The van der Waals surface area contributed by atoms with E-state index in [2.05, 4.69) is 15.5 Å². The highest BCUT2D eigenvalue weighted by Crippen LogP contribution is 2.35. The zero-order valence-electron chi connectivity index (χ0n) is 23.1. The van der Waals surface area contributed by atoms with Gasteiger partial charge in [-0.05, 0) is 56.6 Å². The number of rotatable bonds is 11. The number of likely N-dealkylation sites (tertiary alicyclic amines) is 1. The molecule has 1 atom stereocenters. The maximum absolute atomic E-state index is 14.2. The van der Waals surface area contributed by atoms with Crippen LogP contribution in [0.5, 0.6) is 0 Å². The van der Waals surface area contributed by atoms with Crippen molar-refractivity contribution in [2.45, 2.75) is 31.2 Å². The van der Waals surface area contributed by atoms with Crippen LogP contribution in [0, 0.1) is 16.8 Å². The number of nitrogens with zero attached hydrogens (tertiary/aromatic N) is 3. The van der Waals surface area contributed by atoms with Gasteiger partial charge >= 0.3 is 12.1 Å². The Kier molecular flexibility index (Phi) is 10.6. The number of carbonyl (C=O) groups excluding carboxylic acids is 2. The molecule has 2 aromatic rings. The Morgan fingerprint density at radius 1 is 1.15 bits per heavy atom. The van der Waals surface area contributed by atoms with Crippen LogP contribution in [0.1, 0.15) is 42.5 Å². The standard InChI is InChI=1S/C28H35F2N5O6/c1-39-18-24-21(17-41-40-2)26(20-7-8-22(29)23(30)16-20)35(28(37)32-24)27(36)31-11-5-12-33-14-9-19(10-15-33)25-6-3-4-13-34(25)38/h3-4,6-8,13,16,19,26H,5,9-12,14-15,17-18H2,1-2H3,(H,31,36)(H,32,37). The van der Waals surface area contributed by atoms with Crippen molar-refractivity contribution < 1.29 is 37.6 Å². The summed E-state index contributed by atoms with van der Waals surface area (Å²) in [5.41, 5.74) is 1.68. The average molecular weight is 576 g/mol. The Labute approximate surface area is 237 Å². The minimum absolute atomic E-state index is 0.0143. The van der Waals surface area contributed by atoms with Crippen molar-refractivity contribution in [2.75, 3.05) is 53.6 Å². The van der Waals surface area contributed by atoms with Gasteiger partial charge in [0.1, 0.15) is 6.61 Å². The molecule has 2 aliphatic heterocycles. The number of ether oxygens (including phenoxy) is 1. The number of pyridine rings is 1. The second-order valence-electron chi connectivity index (χ2n) is 9.89. The molecular weight excluding hydrogens is 540 g/mol. The van der Waals surface area contributed by atoms with Crippen LogP contribution in [0.3, 0.4) is 0 Å². The molecule has 0 saturated carbocycles. The van der Waals surface area contributed by atoms with E-state index in [1.165, 1.54) is 26.5 Å². The third kappa shape index (κ3) is 7.36. The van der Waals surface area contributed by atoms with Crippen molar-refractivity contribution in [2.24, 2.45) is 0 Å². The number of methoxy groups -OCH3 is 1. The third-order valence-electron chi connectivity index (χ3n) is 7.34. The first-order valence-corrected chi connectivity index (χ1v) is 13.4. The van der Waals surface area contributed by atoms with Gasteiger partial charge in [-0.15, -0.1) is 0 Å². The predicted molar refractivity (Wildman–Crippen MR) is 143 cm³/mol. The van der Waals surface area contributed by atoms with E-state index in [0.717, 1.165) is 59.9 Å². The molecule has 0 bridgehead atoms. The average Bonchev–Trinajstić information content (AvgIpc) is 2.96. The first-order chi connectivity index (χ1) is 19.8. The van der Waals surface area contributed by atoms with Crippen molar-refractivity contribution in [1.82, 2.24) is 20.4 Å². The molecule has 1 aromatic carbocycles. The van der Waals surface area contributed by atoms with Gasteiger partial charge in [0, 0.05) is 43.0 Å². The molecule has 1 unspecified atom stereocenters. The van der Waals surface area contributed by atoms with Crippen LogP contribution in [-0.2, 0) is 14.5 Å². The summed E-state index contributed by atoms with van der Waals surface area (Å²) in [6, 6.07) is 6.12. The van der Waals surface area contributed by atoms with Crippen LogP contribution in [0.4, 0.5) is 18.4 Å². The summed E-state index contributed by atoms with van der Waals surface area (Å²) < 4.78 is 34.1. The summed E-state index contributed by atoms with van der Waals surface area (Å²) in [6.07, 6.45) is 3.88. The van der Waals surface area contributed by atoms with Gasteiger partial charge < -0.3 is 25.5 Å². The molecule has 1 aromatic heterocycles. The Balaban J connectivity index is 1.40. The van der Waals surface area contributed by atoms with Crippen LogP contribution < -0.4 is 15.4 Å². The largest absolute Gasteiger partial charge is 0.618 e. The Morgan fingerprint density at radius 2 is 1.93 bits per heavy atom. The number of hydrogen-bond donors (Lipinski definition) is 2. The topological polar surface area (TPSA) is 119 Å². The van der Waals surface area contributed by atoms with Gasteiger partial charge in [0.2, 0.25) is 0 Å². The lowest BCUT2D eigenvalue weighted by Crippen LogP contribution is -2.55. The van der Waals surface area contributed by atoms with E-state index in [-0.39, 0.29) is 31.2 Å². The number of halogens is 2. The number of hydrogen-bond acceptors (Lipinski definition) is 7. The van der Waals surface area contributed by atoms with Crippen molar-refractivity contribution in [1.29, 1.82) is 0 Å². The molecule has 0 spiro atoms. The van der Waals surface area contributed by atoms with E-state index in [1.54, 1.807) is 6.07 Å². The lowest BCUT2D eigenvalue weighted by Gasteiger charge is -2.37. The molecule has 2 aliphatic rings. The molecule has 1 fully saturated rings. The van der Waals surface area contributed by atoms with Crippen molar-refractivity contribution in [3.8, 4) is 0 Å². The van der Waals surface area contributed by atoms with Crippen LogP contribution in [0.2, 0.25) is 0 Å². The maximum atomic E-state index is 14.2. The molecule has 1 saturated heterocycles. The van der Waals surface area contributed by atoms with E-state index in [1.807, 2.05) is 12.1 Å². The first kappa shape index (κ1) is 30.3. The zero-order chi connectivity index (χ0) is 29.4. The van der Waals surface area contributed by atoms with Gasteiger partial charge in [-0.3, -0.25) is 0 Å². The number of aromatic nitrogens is 1. The van der Waals surface area contributed by atoms with E-state index < -0.39 is 29.7 Å². The van der Waals surface area contributed by atoms with E-state index in [9.17, 15) is 23.6 Å². The highest BCUT2D eigenvalue weighted by atomic mass is 19.2. The normalized spacial score (nSPS) is 18.5. The molecule has 4 rings (SSSR count). The van der Waals surface area contributed by atoms with Gasteiger partial charge in [0.25, 0.3) is 0 Å². The fraction of sp³-hybridized carbons (Fsp3) is 0.464. The van der Waals surface area contributed by atoms with Crippen LogP contribution in [0.25, 0.3) is 0 Å². The smallest absolute Gasteiger partial charge is 0.330 e. The Hall–Kier alpha value is -3.65. The summed E-state index contributed by atoms with van der Waals surface area (Å²) in [7, 11) is 2.74. The minimum atomic E-state index is -1.12. The molecule has 13 heteroatoms. The molecule has 222 valence electrons. The highest BCUT2D eigenvalue weighted by Gasteiger charge is 2.40. The van der Waals surface area contributed by atoms with Crippen LogP contribution in [0.15, 0.2) is 53.9 Å². The summed E-state index contributed by atoms with van der Waals surface area (Å²) in [6.45, 7) is 2.48. The summed E-state index contributed by atoms with van der Waals surface area (Å²) in [5, 5.41) is 17.5. The molecule has 2 N–H and O–H groups in total. The number of amides is 4. The zero-order valence-corrected chi connectivity index (χ0v) is 23.1. The van der Waals surface area contributed by atoms with Gasteiger partial charge in [-0.1, -0.05) is 12.1 Å². The van der Waals surface area contributed by atoms with Gasteiger partial charge in [0.15, 0.2) is 23.5 Å². The van der Waals surface area contributed by atoms with Crippen molar-refractivity contribution >= 4 is 12.1 Å². The Morgan fingerprint density at radius 3 is 2.61 bits per heavy atom. The minimum Gasteiger partial charge on any atom is -0.618 e. The molecule has 3 heterocycles. The molecule has 0 radical (unpaired) electrons. The fourth-order valence-electron chi connectivity index (χ4n) is 5.30. The number of imide groups is 1. The SMILES string of the molecule is COCC1=C(COOC)C(c2ccc(F)c(F)c2)N(C(=O)NCCCN2CCC(c3cccc[n+]3[O-])CC2)C(=O)N1. The molecular formula is C28H35F2N5O6. The first-order valence-electron chi connectivity index (χ1n) is 13.4. The number of nitrogens with one attached hydrogen (secondary N) is 2. The van der Waals surface area contributed by atoms with E-state index in [4.69, 9.17) is 14.5 Å². The molecule has 41 heavy (non-hydrogen) atoms. The second-order valence-corrected chi connectivity index (χ2v) is 9.89. The lowest BCUT2D eigenvalue weighted by molar-refractivity contribution is -0.616. The monoisotopic (exact) mass is 575 g/mol. The second kappa shape index (κ2) is 14.3. The molecule has 11 nitrogen and oxygen atoms in total. The van der Waals surface area contributed by atoms with Gasteiger partial charge in [0.05, 0.1) is 19.8 Å². The fourth-order valence-corrected chi connectivity index (χ4v) is 5.30. The number of carbonyl (C=O) groups is 2. The summed E-state index contributed by atoms with van der Waals surface area (Å²) in [5.74, 6) is -1.96. The van der Waals surface area contributed by atoms with Crippen molar-refractivity contribution in [3.63, 3.8) is 0 Å². The summed E-state index contributed by atoms with van der Waals surface area (Å²) in [4.78, 5) is 39.5. The molecule has 0 aliphatic carbocycles. The van der Waals surface area contributed by atoms with Gasteiger partial charge in [-0.2, -0.15) is 4.73 Å². The quantitative estimate of drug-likeness (QED) is 0.139. The van der Waals surface area contributed by atoms with E-state index >= 15 is 0 Å². The highest BCUT2D eigenvalue weighted by molar-refractivity contribution is 5.96. The van der Waals surface area contributed by atoms with Gasteiger partial charge in [-0.25, -0.2) is 33.0 Å². The lowest BCUT2D eigenvalue weighted by atomic mass is 9.93. The van der Waals surface area contributed by atoms with Crippen molar-refractivity contribution in [3.05, 3.63) is 82.0 Å². The third-order valence-corrected chi connectivity index (χ3v) is 7.34. The number of urea groups is 2. The van der Waals surface area contributed by atoms with Crippen LogP contribution in [-0.4, -0.2) is 75.5 Å². The number of piperidine rings is 1.